The van der Waals surface area contributed by atoms with Crippen LogP contribution in [0.25, 0.3) is 0 Å². The number of nitrogens with two attached hydrogens (primary N) is 2. The molecule has 0 saturated heterocycles. The van der Waals surface area contributed by atoms with Crippen LogP contribution in [0.1, 0.15) is 135 Å². The topological polar surface area (TPSA) is 148 Å². The Hall–Kier alpha value is -1.67. The van der Waals surface area contributed by atoms with E-state index in [1.807, 2.05) is 0 Å². The van der Waals surface area contributed by atoms with Crippen LogP contribution in [0.2, 0.25) is 0 Å². The largest absolute Gasteiger partial charge is 0.480 e. The maximum Gasteiger partial charge on any atom is 0.326 e. The van der Waals surface area contributed by atoms with E-state index in [0.717, 1.165) is 25.7 Å². The number of hydrogen-bond acceptors (Lipinski definition) is 5. The second-order valence-electron chi connectivity index (χ2n) is 10.1. The normalized spacial score (nSPS) is 12.8. The smallest absolute Gasteiger partial charge is 0.326 e. The highest BCUT2D eigenvalue weighted by atomic mass is 16.4. The number of hydrogen-bond donors (Lipinski definition) is 5. The van der Waals surface area contributed by atoms with Crippen molar-refractivity contribution in [1.82, 2.24) is 10.6 Å². The summed E-state index contributed by atoms with van der Waals surface area (Å²) in [6.45, 7) is 3.24. The second kappa shape index (κ2) is 25.0. The van der Waals surface area contributed by atoms with Crippen LogP contribution in [-0.2, 0) is 14.4 Å². The molecule has 212 valence electrons. The van der Waals surface area contributed by atoms with Crippen molar-refractivity contribution in [3.63, 3.8) is 0 Å². The number of nitrogens with one attached hydrogen (secondary N) is 2. The maximum absolute atomic E-state index is 12.8. The molecule has 0 unspecified atom stereocenters. The summed E-state index contributed by atoms with van der Waals surface area (Å²) in [6.07, 6.45) is 20.1. The van der Waals surface area contributed by atoms with Crippen molar-refractivity contribution in [2.24, 2.45) is 11.5 Å². The van der Waals surface area contributed by atoms with Crippen molar-refractivity contribution in [3.8, 4) is 0 Å². The quantitative estimate of drug-likeness (QED) is 0.105. The number of carboxylic acids is 1. The maximum atomic E-state index is 12.8. The van der Waals surface area contributed by atoms with E-state index in [-0.39, 0.29) is 5.91 Å². The van der Waals surface area contributed by atoms with Gasteiger partial charge in [0.1, 0.15) is 12.1 Å². The average molecular weight is 513 g/mol. The van der Waals surface area contributed by atoms with E-state index in [1.54, 1.807) is 0 Å². The molecule has 0 aliphatic rings. The van der Waals surface area contributed by atoms with Crippen LogP contribution in [0.15, 0.2) is 0 Å². The average Bonchev–Trinajstić information content (AvgIpc) is 2.85. The molecule has 0 aliphatic carbocycles. The summed E-state index contributed by atoms with van der Waals surface area (Å²) in [5.41, 5.74) is 11.0. The first-order chi connectivity index (χ1) is 17.5. The fourth-order valence-electron chi connectivity index (χ4n) is 4.35. The van der Waals surface area contributed by atoms with Gasteiger partial charge in [-0.25, -0.2) is 4.79 Å². The molecule has 0 aliphatic heterocycles. The molecule has 0 rings (SSSR count). The molecule has 0 aromatic carbocycles. The molecule has 0 aromatic rings. The summed E-state index contributed by atoms with van der Waals surface area (Å²) in [7, 11) is 0. The van der Waals surface area contributed by atoms with Gasteiger partial charge in [0.15, 0.2) is 0 Å². The molecule has 2 amide bonds. The lowest BCUT2D eigenvalue weighted by atomic mass is 10.0. The molecule has 0 heterocycles. The summed E-state index contributed by atoms with van der Waals surface area (Å²) in [6, 6.07) is -1.71. The summed E-state index contributed by atoms with van der Waals surface area (Å²) in [5.74, 6) is -1.66. The fourth-order valence-corrected chi connectivity index (χ4v) is 4.35. The van der Waals surface area contributed by atoms with E-state index in [9.17, 15) is 19.5 Å². The Labute approximate surface area is 220 Å². The van der Waals surface area contributed by atoms with E-state index in [0.29, 0.717) is 51.6 Å². The van der Waals surface area contributed by atoms with Gasteiger partial charge in [-0.15, -0.1) is 0 Å². The van der Waals surface area contributed by atoms with Crippen LogP contribution >= 0.6 is 0 Å². The monoisotopic (exact) mass is 512 g/mol. The first-order valence-corrected chi connectivity index (χ1v) is 14.7. The van der Waals surface area contributed by atoms with Gasteiger partial charge >= 0.3 is 5.97 Å². The minimum Gasteiger partial charge on any atom is -0.480 e. The van der Waals surface area contributed by atoms with E-state index in [4.69, 9.17) is 11.5 Å². The standard InChI is InChI=1S/C28H56N4O4/c1-2-3-4-5-6-7-8-9-10-11-12-13-14-21-26(33)31-24(19-15-17-22-29)27(34)32-25(28(35)36)20-16-18-23-30/h24-25H,2-23,29-30H2,1H3,(H,31,33)(H,32,34)(H,35,36)/t24-,25-/m0/s1. The third kappa shape index (κ3) is 20.5. The highest BCUT2D eigenvalue weighted by Gasteiger charge is 2.25. The third-order valence-electron chi connectivity index (χ3n) is 6.67. The highest BCUT2D eigenvalue weighted by molar-refractivity contribution is 5.90. The zero-order valence-corrected chi connectivity index (χ0v) is 23.0. The number of amides is 2. The van der Waals surface area contributed by atoms with E-state index >= 15 is 0 Å². The molecule has 7 N–H and O–H groups in total. The van der Waals surface area contributed by atoms with Gasteiger partial charge in [0.25, 0.3) is 0 Å². The minimum absolute atomic E-state index is 0.152. The molecule has 2 atom stereocenters. The molecule has 8 nitrogen and oxygen atoms in total. The van der Waals surface area contributed by atoms with Crippen LogP contribution in [0.5, 0.6) is 0 Å². The Balaban J connectivity index is 4.20. The summed E-state index contributed by atoms with van der Waals surface area (Å²) >= 11 is 0. The molecule has 0 saturated carbocycles. The van der Waals surface area contributed by atoms with Crippen molar-refractivity contribution in [2.75, 3.05) is 13.1 Å². The van der Waals surface area contributed by atoms with Gasteiger partial charge in [-0.2, -0.15) is 0 Å². The second-order valence-corrected chi connectivity index (χ2v) is 10.1. The minimum atomic E-state index is -1.07. The van der Waals surface area contributed by atoms with Gasteiger partial charge < -0.3 is 27.2 Å². The Kier molecular flexibility index (Phi) is 23.8. The van der Waals surface area contributed by atoms with Crippen LogP contribution in [0, 0.1) is 0 Å². The Morgan fingerprint density at radius 2 is 1.06 bits per heavy atom. The predicted molar refractivity (Wildman–Crippen MR) is 148 cm³/mol. The lowest BCUT2D eigenvalue weighted by Crippen LogP contribution is -2.51. The number of unbranched alkanes of at least 4 members (excludes halogenated alkanes) is 14. The molecular formula is C28H56N4O4. The summed E-state index contributed by atoms with van der Waals surface area (Å²) < 4.78 is 0. The first-order valence-electron chi connectivity index (χ1n) is 14.7. The van der Waals surface area contributed by atoms with Gasteiger partial charge in [-0.1, -0.05) is 84.0 Å². The van der Waals surface area contributed by atoms with Crippen molar-refractivity contribution in [2.45, 2.75) is 147 Å². The molecule has 0 aromatic heterocycles. The number of carbonyl (C=O) groups excluding carboxylic acids is 2. The number of rotatable bonds is 26. The SMILES string of the molecule is CCCCCCCCCCCCCCCC(=O)N[C@@H](CCCCN)C(=O)N[C@@H](CCCCN)C(=O)O. The molecule has 0 fully saturated rings. The van der Waals surface area contributed by atoms with E-state index in [2.05, 4.69) is 17.6 Å². The number of carboxylic acid groups (broad SMARTS) is 1. The Morgan fingerprint density at radius 1 is 0.611 bits per heavy atom. The van der Waals surface area contributed by atoms with Crippen molar-refractivity contribution in [3.05, 3.63) is 0 Å². The third-order valence-corrected chi connectivity index (χ3v) is 6.67. The number of carbonyl (C=O) groups is 3. The van der Waals surface area contributed by atoms with Gasteiger partial charge in [0, 0.05) is 6.42 Å². The molecule has 36 heavy (non-hydrogen) atoms. The zero-order chi connectivity index (χ0) is 26.9. The van der Waals surface area contributed by atoms with Gasteiger partial charge in [0.05, 0.1) is 0 Å². The molecule has 8 heteroatoms. The lowest BCUT2D eigenvalue weighted by Gasteiger charge is -2.21. The highest BCUT2D eigenvalue weighted by Crippen LogP contribution is 2.13. The molecular weight excluding hydrogens is 456 g/mol. The van der Waals surface area contributed by atoms with Crippen molar-refractivity contribution in [1.29, 1.82) is 0 Å². The van der Waals surface area contributed by atoms with E-state index in [1.165, 1.54) is 64.2 Å². The lowest BCUT2D eigenvalue weighted by molar-refractivity contribution is -0.142. The first kappa shape index (κ1) is 34.3. The number of aliphatic carboxylic acids is 1. The van der Waals surface area contributed by atoms with Crippen LogP contribution in [0.3, 0.4) is 0 Å². The Morgan fingerprint density at radius 3 is 1.50 bits per heavy atom. The summed E-state index contributed by atoms with van der Waals surface area (Å²) in [5, 5.41) is 14.9. The van der Waals surface area contributed by atoms with E-state index < -0.39 is 24.0 Å². The summed E-state index contributed by atoms with van der Waals surface area (Å²) in [4.78, 5) is 36.8. The molecule has 0 radical (unpaired) electrons. The van der Waals surface area contributed by atoms with Crippen LogP contribution in [0.4, 0.5) is 0 Å². The Bertz CT molecular complexity index is 560. The van der Waals surface area contributed by atoms with Crippen molar-refractivity contribution < 1.29 is 19.5 Å². The molecule has 0 spiro atoms. The zero-order valence-electron chi connectivity index (χ0n) is 23.0. The fraction of sp³-hybridized carbons (Fsp3) is 0.893. The van der Waals surface area contributed by atoms with Gasteiger partial charge in [-0.05, 0) is 58.0 Å². The predicted octanol–water partition coefficient (Wildman–Crippen LogP) is 4.78. The van der Waals surface area contributed by atoms with Gasteiger partial charge in [0.2, 0.25) is 11.8 Å². The van der Waals surface area contributed by atoms with Crippen LogP contribution < -0.4 is 22.1 Å². The van der Waals surface area contributed by atoms with Gasteiger partial charge in [-0.3, -0.25) is 9.59 Å². The van der Waals surface area contributed by atoms with Crippen LogP contribution in [-0.4, -0.2) is 48.1 Å². The molecule has 0 bridgehead atoms. The van der Waals surface area contributed by atoms with Crippen molar-refractivity contribution >= 4 is 17.8 Å².